The highest BCUT2D eigenvalue weighted by Crippen LogP contribution is 1.97. The Labute approximate surface area is 78.1 Å². The number of ether oxygens (including phenoxy) is 1. The van der Waals surface area contributed by atoms with Crippen molar-refractivity contribution < 1.29 is 14.3 Å². The van der Waals surface area contributed by atoms with Crippen LogP contribution in [0.2, 0.25) is 0 Å². The molecule has 0 aromatic heterocycles. The molecule has 72 valence electrons. The summed E-state index contributed by atoms with van der Waals surface area (Å²) in [5.74, 6) is -0.556. The van der Waals surface area contributed by atoms with Crippen molar-refractivity contribution in [2.24, 2.45) is 0 Å². The highest BCUT2D eigenvalue weighted by molar-refractivity contribution is 5.95. The van der Waals surface area contributed by atoms with E-state index in [1.54, 1.807) is 13.0 Å². The Morgan fingerprint density at radius 2 is 2.23 bits per heavy atom. The van der Waals surface area contributed by atoms with Crippen molar-refractivity contribution in [3.05, 3.63) is 18.4 Å². The van der Waals surface area contributed by atoms with E-state index >= 15 is 0 Å². The maximum absolute atomic E-state index is 11.0. The molecule has 0 unspecified atom stereocenters. The van der Waals surface area contributed by atoms with Crippen LogP contribution in [-0.4, -0.2) is 18.4 Å². The molecule has 3 nitrogen and oxygen atoms in total. The number of Topliss-reactive ketones (excluding diaryl/α,β-unsaturated/α-hetero) is 1. The topological polar surface area (TPSA) is 43.4 Å². The fourth-order valence-corrected chi connectivity index (χ4v) is 0.797. The number of carbonyl (C=O) groups excluding carboxylic acids is 2. The van der Waals surface area contributed by atoms with Gasteiger partial charge in [0.2, 0.25) is 0 Å². The van der Waals surface area contributed by atoms with Gasteiger partial charge in [-0.25, -0.2) is 0 Å². The lowest BCUT2D eigenvalue weighted by atomic mass is 10.2. The summed E-state index contributed by atoms with van der Waals surface area (Å²) in [6, 6.07) is 0. The molecule has 0 saturated carbocycles. The van der Waals surface area contributed by atoms with Gasteiger partial charge in [0, 0.05) is 6.42 Å². The van der Waals surface area contributed by atoms with Gasteiger partial charge in [-0.15, -0.1) is 5.73 Å². The molecule has 0 saturated heterocycles. The molecule has 0 atom stereocenters. The second kappa shape index (κ2) is 7.32. The minimum Gasteiger partial charge on any atom is -0.466 e. The third-order valence-corrected chi connectivity index (χ3v) is 1.36. The van der Waals surface area contributed by atoms with Crippen molar-refractivity contribution in [1.82, 2.24) is 0 Å². The van der Waals surface area contributed by atoms with E-state index in [0.29, 0.717) is 19.4 Å². The van der Waals surface area contributed by atoms with Crippen molar-refractivity contribution in [2.75, 3.05) is 6.61 Å². The van der Waals surface area contributed by atoms with Crippen LogP contribution in [0.1, 0.15) is 26.2 Å². The SMILES string of the molecule is C=C=CCCC(=O)CC(=O)OCC. The molecule has 0 amide bonds. The van der Waals surface area contributed by atoms with Crippen LogP contribution in [0.4, 0.5) is 0 Å². The Balaban J connectivity index is 3.61. The Hall–Kier alpha value is -1.34. The molecule has 0 aromatic rings. The standard InChI is InChI=1S/C10H14O3/c1-3-5-6-7-9(11)8-10(12)13-4-2/h5H,1,4,6-8H2,2H3. The number of hydrogen-bond acceptors (Lipinski definition) is 3. The average Bonchev–Trinajstić information content (AvgIpc) is 2.05. The van der Waals surface area contributed by atoms with E-state index in [1.165, 1.54) is 0 Å². The first kappa shape index (κ1) is 11.7. The van der Waals surface area contributed by atoms with Gasteiger partial charge >= 0.3 is 5.97 Å². The summed E-state index contributed by atoms with van der Waals surface area (Å²) in [6.07, 6.45) is 2.48. The lowest BCUT2D eigenvalue weighted by Gasteiger charge is -1.99. The second-order valence-corrected chi connectivity index (χ2v) is 2.47. The Bertz CT molecular complexity index is 224. The summed E-state index contributed by atoms with van der Waals surface area (Å²) in [4.78, 5) is 21.8. The van der Waals surface area contributed by atoms with Crippen LogP contribution < -0.4 is 0 Å². The van der Waals surface area contributed by atoms with Gasteiger partial charge < -0.3 is 4.74 Å². The monoisotopic (exact) mass is 182 g/mol. The summed E-state index contributed by atoms with van der Waals surface area (Å²) >= 11 is 0. The molecular weight excluding hydrogens is 168 g/mol. The van der Waals surface area contributed by atoms with Gasteiger partial charge in [-0.2, -0.15) is 0 Å². The third kappa shape index (κ3) is 7.04. The first-order valence-electron chi connectivity index (χ1n) is 4.22. The second-order valence-electron chi connectivity index (χ2n) is 2.47. The average molecular weight is 182 g/mol. The lowest BCUT2D eigenvalue weighted by Crippen LogP contribution is -2.10. The largest absolute Gasteiger partial charge is 0.466 e. The Kier molecular flexibility index (Phi) is 6.56. The van der Waals surface area contributed by atoms with Crippen LogP contribution in [0.3, 0.4) is 0 Å². The van der Waals surface area contributed by atoms with Crippen molar-refractivity contribution in [2.45, 2.75) is 26.2 Å². The highest BCUT2D eigenvalue weighted by Gasteiger charge is 2.08. The van der Waals surface area contributed by atoms with Gasteiger partial charge in [0.05, 0.1) is 6.61 Å². The van der Waals surface area contributed by atoms with E-state index < -0.39 is 5.97 Å². The molecule has 0 aromatic carbocycles. The minimum atomic E-state index is -0.449. The Morgan fingerprint density at radius 3 is 2.77 bits per heavy atom. The molecule has 3 heteroatoms. The van der Waals surface area contributed by atoms with Crippen LogP contribution in [0.15, 0.2) is 18.4 Å². The number of rotatable bonds is 6. The molecule has 0 spiro atoms. The van der Waals surface area contributed by atoms with Gasteiger partial charge in [0.1, 0.15) is 12.2 Å². The summed E-state index contributed by atoms with van der Waals surface area (Å²) in [5.41, 5.74) is 2.56. The smallest absolute Gasteiger partial charge is 0.313 e. The molecule has 0 rings (SSSR count). The van der Waals surface area contributed by atoms with Gasteiger partial charge in [-0.05, 0) is 19.4 Å². The van der Waals surface area contributed by atoms with Gasteiger partial charge in [-0.1, -0.05) is 6.58 Å². The van der Waals surface area contributed by atoms with Crippen molar-refractivity contribution in [1.29, 1.82) is 0 Å². The zero-order valence-corrected chi connectivity index (χ0v) is 7.84. The lowest BCUT2D eigenvalue weighted by molar-refractivity contribution is -0.145. The van der Waals surface area contributed by atoms with E-state index in [1.807, 2.05) is 0 Å². The predicted molar refractivity (Wildman–Crippen MR) is 49.2 cm³/mol. The fraction of sp³-hybridized carbons (Fsp3) is 0.500. The van der Waals surface area contributed by atoms with Crippen LogP contribution in [0, 0.1) is 0 Å². The highest BCUT2D eigenvalue weighted by atomic mass is 16.5. The zero-order chi connectivity index (χ0) is 10.1. The number of carbonyl (C=O) groups is 2. The van der Waals surface area contributed by atoms with E-state index in [9.17, 15) is 9.59 Å². The van der Waals surface area contributed by atoms with E-state index in [-0.39, 0.29) is 12.2 Å². The number of hydrogen-bond donors (Lipinski definition) is 0. The van der Waals surface area contributed by atoms with Crippen molar-refractivity contribution in [3.8, 4) is 0 Å². The molecule has 13 heavy (non-hydrogen) atoms. The normalized spacial score (nSPS) is 8.69. The van der Waals surface area contributed by atoms with Crippen LogP contribution >= 0.6 is 0 Å². The van der Waals surface area contributed by atoms with Crippen LogP contribution in [0.5, 0.6) is 0 Å². The zero-order valence-electron chi connectivity index (χ0n) is 7.84. The predicted octanol–water partition coefficient (Wildman–Crippen LogP) is 1.63. The minimum absolute atomic E-state index is 0.107. The molecule has 0 aliphatic rings. The number of allylic oxidation sites excluding steroid dienone is 1. The molecule has 0 heterocycles. The molecular formula is C10H14O3. The molecule has 0 bridgehead atoms. The summed E-state index contributed by atoms with van der Waals surface area (Å²) in [5, 5.41) is 0. The first-order chi connectivity index (χ1) is 6.20. The van der Waals surface area contributed by atoms with Gasteiger partial charge in [0.25, 0.3) is 0 Å². The molecule has 0 fully saturated rings. The maximum Gasteiger partial charge on any atom is 0.313 e. The fourth-order valence-electron chi connectivity index (χ4n) is 0.797. The first-order valence-corrected chi connectivity index (χ1v) is 4.22. The molecule has 0 radical (unpaired) electrons. The van der Waals surface area contributed by atoms with E-state index in [4.69, 9.17) is 0 Å². The van der Waals surface area contributed by atoms with Gasteiger partial charge in [-0.3, -0.25) is 9.59 Å². The number of esters is 1. The molecule has 0 aliphatic heterocycles. The van der Waals surface area contributed by atoms with Crippen LogP contribution in [-0.2, 0) is 14.3 Å². The third-order valence-electron chi connectivity index (χ3n) is 1.36. The maximum atomic E-state index is 11.0. The Morgan fingerprint density at radius 1 is 1.54 bits per heavy atom. The van der Waals surface area contributed by atoms with Crippen molar-refractivity contribution >= 4 is 11.8 Å². The van der Waals surface area contributed by atoms with Crippen molar-refractivity contribution in [3.63, 3.8) is 0 Å². The van der Waals surface area contributed by atoms with Crippen LogP contribution in [0.25, 0.3) is 0 Å². The summed E-state index contributed by atoms with van der Waals surface area (Å²) < 4.78 is 4.62. The van der Waals surface area contributed by atoms with E-state index in [0.717, 1.165) is 0 Å². The quantitative estimate of drug-likeness (QED) is 0.356. The summed E-state index contributed by atoms with van der Waals surface area (Å²) in [6.45, 7) is 5.39. The molecule has 0 N–H and O–H groups in total. The van der Waals surface area contributed by atoms with Gasteiger partial charge in [0.15, 0.2) is 0 Å². The summed E-state index contributed by atoms with van der Waals surface area (Å²) in [7, 11) is 0. The molecule has 0 aliphatic carbocycles. The van der Waals surface area contributed by atoms with E-state index in [2.05, 4.69) is 17.0 Å². The number of ketones is 1.